The maximum atomic E-state index is 13.4. The fourth-order valence-corrected chi connectivity index (χ4v) is 3.14. The van der Waals surface area contributed by atoms with Gasteiger partial charge in [0.2, 0.25) is 10.0 Å². The van der Waals surface area contributed by atoms with Gasteiger partial charge in [0, 0.05) is 11.0 Å². The first-order chi connectivity index (χ1) is 9.79. The van der Waals surface area contributed by atoms with Crippen LogP contribution in [0, 0.1) is 19.7 Å². The zero-order chi connectivity index (χ0) is 15.6. The Hall–Kier alpha value is -1.24. The third-order valence-electron chi connectivity index (χ3n) is 3.14. The van der Waals surface area contributed by atoms with E-state index in [0.717, 1.165) is 10.0 Å². The third kappa shape index (κ3) is 3.90. The molecule has 0 atom stereocenters. The molecule has 112 valence electrons. The molecule has 0 amide bonds. The van der Waals surface area contributed by atoms with Gasteiger partial charge >= 0.3 is 0 Å². The first-order valence-corrected chi connectivity index (χ1v) is 8.58. The lowest BCUT2D eigenvalue weighted by Gasteiger charge is -2.09. The van der Waals surface area contributed by atoms with Crippen molar-refractivity contribution in [2.24, 2.45) is 0 Å². The molecule has 0 aliphatic heterocycles. The molecule has 0 aromatic heterocycles. The van der Waals surface area contributed by atoms with Gasteiger partial charge in [0.05, 0.1) is 4.90 Å². The van der Waals surface area contributed by atoms with Crippen LogP contribution in [-0.4, -0.2) is 8.42 Å². The van der Waals surface area contributed by atoms with Gasteiger partial charge in [0.15, 0.2) is 0 Å². The molecule has 0 aliphatic carbocycles. The molecule has 0 spiro atoms. The monoisotopic (exact) mass is 371 g/mol. The molecule has 0 aliphatic rings. The molecular weight excluding hydrogens is 357 g/mol. The van der Waals surface area contributed by atoms with Crippen molar-refractivity contribution in [2.75, 3.05) is 0 Å². The molecule has 0 bridgehead atoms. The van der Waals surface area contributed by atoms with Crippen LogP contribution in [-0.2, 0) is 16.6 Å². The van der Waals surface area contributed by atoms with Gasteiger partial charge in [-0.15, -0.1) is 0 Å². The summed E-state index contributed by atoms with van der Waals surface area (Å²) in [6.45, 7) is 3.53. The molecule has 2 aromatic rings. The zero-order valence-corrected chi connectivity index (χ0v) is 14.1. The molecule has 0 unspecified atom stereocenters. The second kappa shape index (κ2) is 6.25. The first-order valence-electron chi connectivity index (χ1n) is 6.30. The fraction of sp³-hybridized carbons (Fsp3) is 0.200. The highest BCUT2D eigenvalue weighted by Crippen LogP contribution is 2.20. The Bertz CT molecular complexity index is 775. The van der Waals surface area contributed by atoms with Gasteiger partial charge in [-0.2, -0.15) is 0 Å². The Morgan fingerprint density at radius 1 is 1.10 bits per heavy atom. The Balaban J connectivity index is 2.17. The molecule has 0 fully saturated rings. The number of hydrogen-bond donors (Lipinski definition) is 1. The Kier molecular flexibility index (Phi) is 4.81. The number of aryl methyl sites for hydroxylation is 2. The van der Waals surface area contributed by atoms with Crippen LogP contribution >= 0.6 is 15.9 Å². The number of benzene rings is 2. The molecule has 21 heavy (non-hydrogen) atoms. The predicted molar refractivity (Wildman–Crippen MR) is 84.0 cm³/mol. The molecule has 3 nitrogen and oxygen atoms in total. The summed E-state index contributed by atoms with van der Waals surface area (Å²) in [7, 11) is -3.61. The molecule has 0 heterocycles. The van der Waals surface area contributed by atoms with Crippen molar-refractivity contribution in [1.29, 1.82) is 0 Å². The highest BCUT2D eigenvalue weighted by Gasteiger charge is 2.14. The summed E-state index contributed by atoms with van der Waals surface area (Å²) < 4.78 is 41.2. The van der Waals surface area contributed by atoms with E-state index in [9.17, 15) is 12.8 Å². The van der Waals surface area contributed by atoms with Crippen LogP contribution in [0.4, 0.5) is 4.39 Å². The SMILES string of the molecule is Cc1ccc(CNS(=O)(=O)c2ccc(Br)c(C)c2)cc1F. The largest absolute Gasteiger partial charge is 0.240 e. The molecule has 1 N–H and O–H groups in total. The number of nitrogens with one attached hydrogen (secondary N) is 1. The first kappa shape index (κ1) is 16.1. The molecule has 2 aromatic carbocycles. The van der Waals surface area contributed by atoms with Crippen LogP contribution in [0.2, 0.25) is 0 Å². The summed E-state index contributed by atoms with van der Waals surface area (Å²) in [5.74, 6) is -0.341. The second-order valence-corrected chi connectivity index (χ2v) is 7.44. The van der Waals surface area contributed by atoms with Gasteiger partial charge in [0.25, 0.3) is 0 Å². The average Bonchev–Trinajstić information content (AvgIpc) is 2.43. The van der Waals surface area contributed by atoms with Gasteiger partial charge < -0.3 is 0 Å². The van der Waals surface area contributed by atoms with E-state index < -0.39 is 10.0 Å². The maximum Gasteiger partial charge on any atom is 0.240 e. The van der Waals surface area contributed by atoms with E-state index in [0.29, 0.717) is 11.1 Å². The van der Waals surface area contributed by atoms with Crippen LogP contribution in [0.5, 0.6) is 0 Å². The van der Waals surface area contributed by atoms with E-state index >= 15 is 0 Å². The summed E-state index contributed by atoms with van der Waals surface area (Å²) >= 11 is 3.33. The standard InChI is InChI=1S/C15H15BrFNO2S/c1-10-3-4-12(8-15(10)17)9-18-21(19,20)13-5-6-14(16)11(2)7-13/h3-8,18H,9H2,1-2H3. The highest BCUT2D eigenvalue weighted by atomic mass is 79.9. The third-order valence-corrected chi connectivity index (χ3v) is 5.43. The van der Waals surface area contributed by atoms with Crippen molar-refractivity contribution in [3.05, 3.63) is 63.4 Å². The fourth-order valence-electron chi connectivity index (χ4n) is 1.79. The summed E-state index contributed by atoms with van der Waals surface area (Å²) in [6, 6.07) is 9.47. The highest BCUT2D eigenvalue weighted by molar-refractivity contribution is 9.10. The lowest BCUT2D eigenvalue weighted by atomic mass is 10.1. The molecule has 2 rings (SSSR count). The minimum atomic E-state index is -3.61. The van der Waals surface area contributed by atoms with E-state index in [1.54, 1.807) is 31.2 Å². The minimum absolute atomic E-state index is 0.0502. The molecule has 0 saturated carbocycles. The predicted octanol–water partition coefficient (Wildman–Crippen LogP) is 3.68. The van der Waals surface area contributed by atoms with Crippen LogP contribution < -0.4 is 4.72 Å². The summed E-state index contributed by atoms with van der Waals surface area (Å²) in [5.41, 5.74) is 1.94. The van der Waals surface area contributed by atoms with Crippen LogP contribution in [0.25, 0.3) is 0 Å². The van der Waals surface area contributed by atoms with Crippen molar-refractivity contribution in [1.82, 2.24) is 4.72 Å². The molecule has 0 radical (unpaired) electrons. The molecular formula is C15H15BrFNO2S. The normalized spacial score (nSPS) is 11.6. The van der Waals surface area contributed by atoms with Crippen molar-refractivity contribution in [3.63, 3.8) is 0 Å². The summed E-state index contributed by atoms with van der Waals surface area (Å²) in [6.07, 6.45) is 0. The van der Waals surface area contributed by atoms with Gasteiger partial charge in [0.1, 0.15) is 5.82 Å². The van der Waals surface area contributed by atoms with Crippen LogP contribution in [0.1, 0.15) is 16.7 Å². The van der Waals surface area contributed by atoms with E-state index in [4.69, 9.17) is 0 Å². The van der Waals surface area contributed by atoms with Crippen molar-refractivity contribution in [2.45, 2.75) is 25.3 Å². The van der Waals surface area contributed by atoms with Crippen molar-refractivity contribution in [3.8, 4) is 0 Å². The van der Waals surface area contributed by atoms with Crippen LogP contribution in [0.15, 0.2) is 45.8 Å². The van der Waals surface area contributed by atoms with E-state index in [1.807, 2.05) is 6.92 Å². The summed E-state index contributed by atoms with van der Waals surface area (Å²) in [4.78, 5) is 0.191. The Morgan fingerprint density at radius 2 is 1.81 bits per heavy atom. The van der Waals surface area contributed by atoms with E-state index in [-0.39, 0.29) is 17.3 Å². The lowest BCUT2D eigenvalue weighted by Crippen LogP contribution is -2.23. The molecule has 0 saturated heterocycles. The van der Waals surface area contributed by atoms with Crippen molar-refractivity contribution < 1.29 is 12.8 Å². The number of halogens is 2. The van der Waals surface area contributed by atoms with Crippen molar-refractivity contribution >= 4 is 26.0 Å². The number of hydrogen-bond acceptors (Lipinski definition) is 2. The van der Waals surface area contributed by atoms with E-state index in [1.165, 1.54) is 12.1 Å². The lowest BCUT2D eigenvalue weighted by molar-refractivity contribution is 0.580. The Morgan fingerprint density at radius 3 is 2.43 bits per heavy atom. The maximum absolute atomic E-state index is 13.4. The number of sulfonamides is 1. The van der Waals surface area contributed by atoms with Gasteiger partial charge in [-0.1, -0.05) is 28.1 Å². The zero-order valence-electron chi connectivity index (χ0n) is 11.7. The second-order valence-electron chi connectivity index (χ2n) is 4.82. The minimum Gasteiger partial charge on any atom is -0.207 e. The smallest absolute Gasteiger partial charge is 0.207 e. The van der Waals surface area contributed by atoms with Crippen LogP contribution in [0.3, 0.4) is 0 Å². The topological polar surface area (TPSA) is 46.2 Å². The van der Waals surface area contributed by atoms with E-state index in [2.05, 4.69) is 20.7 Å². The number of rotatable bonds is 4. The summed E-state index contributed by atoms with van der Waals surface area (Å²) in [5, 5.41) is 0. The quantitative estimate of drug-likeness (QED) is 0.890. The average molecular weight is 372 g/mol. The Labute approximate surface area is 132 Å². The van der Waals surface area contributed by atoms with Gasteiger partial charge in [-0.3, -0.25) is 0 Å². The van der Waals surface area contributed by atoms with Gasteiger partial charge in [-0.05, 0) is 54.8 Å². The molecule has 6 heteroatoms. The van der Waals surface area contributed by atoms with Gasteiger partial charge in [-0.25, -0.2) is 17.5 Å².